The zero-order valence-corrected chi connectivity index (χ0v) is 25.3. The highest BCUT2D eigenvalue weighted by Crippen LogP contribution is 2.35. The summed E-state index contributed by atoms with van der Waals surface area (Å²) < 4.78 is 18.7. The van der Waals surface area contributed by atoms with Crippen LogP contribution in [0.25, 0.3) is 10.8 Å². The number of alkyl halides is 1. The molecule has 2 aromatic rings. The van der Waals surface area contributed by atoms with Crippen molar-refractivity contribution in [2.75, 3.05) is 13.3 Å². The number of hydrogen-bond acceptors (Lipinski definition) is 7. The van der Waals surface area contributed by atoms with Gasteiger partial charge in [-0.25, -0.2) is 4.39 Å². The lowest BCUT2D eigenvalue weighted by atomic mass is 9.83. The molecular formula is C33H46FN3O5. The van der Waals surface area contributed by atoms with E-state index in [1.54, 1.807) is 20.0 Å². The molecule has 1 aliphatic rings. The van der Waals surface area contributed by atoms with E-state index in [9.17, 15) is 18.8 Å². The lowest BCUT2D eigenvalue weighted by Crippen LogP contribution is -2.55. The highest BCUT2D eigenvalue weighted by molar-refractivity contribution is 6.12. The Hall–Kier alpha value is -3.36. The molecule has 1 N–H and O–H groups in total. The third-order valence-corrected chi connectivity index (χ3v) is 7.97. The van der Waals surface area contributed by atoms with Gasteiger partial charge < -0.3 is 14.9 Å². The number of nitrogens with zero attached hydrogens (tertiary/aromatic N) is 2. The van der Waals surface area contributed by atoms with E-state index in [0.29, 0.717) is 11.4 Å². The first-order valence-corrected chi connectivity index (χ1v) is 15.5. The van der Waals surface area contributed by atoms with E-state index in [-0.39, 0.29) is 18.9 Å². The Balaban J connectivity index is 1.51. The van der Waals surface area contributed by atoms with Gasteiger partial charge >= 0.3 is 5.97 Å². The number of esters is 1. The van der Waals surface area contributed by atoms with E-state index >= 15 is 0 Å². The summed E-state index contributed by atoms with van der Waals surface area (Å²) in [6, 6.07) is 8.24. The third kappa shape index (κ3) is 9.07. The highest BCUT2D eigenvalue weighted by Gasteiger charge is 2.51. The van der Waals surface area contributed by atoms with Crippen LogP contribution in [0.2, 0.25) is 0 Å². The van der Waals surface area contributed by atoms with Crippen LogP contribution in [0.3, 0.4) is 0 Å². The maximum Gasteiger partial charge on any atom is 0.308 e. The normalized spacial score (nSPS) is 17.1. The summed E-state index contributed by atoms with van der Waals surface area (Å²) in [5, 5.41) is 8.63. The van der Waals surface area contributed by atoms with Gasteiger partial charge in [0.25, 0.3) is 5.91 Å². The maximum absolute atomic E-state index is 13.6. The number of fused-ring (bicyclic) bond motifs is 1. The number of hydrogen-bond donors (Lipinski definition) is 1. The fourth-order valence-electron chi connectivity index (χ4n) is 5.24. The average molecular weight is 584 g/mol. The number of benzene rings is 1. The number of rotatable bonds is 19. The van der Waals surface area contributed by atoms with Crippen LogP contribution < -0.4 is 5.32 Å². The molecule has 8 nitrogen and oxygen atoms in total. The number of unbranched alkanes of at least 4 members (excludes halogenated alkanes) is 9. The molecule has 2 heterocycles. The SMILES string of the molecule is CCCCCCCCCCCCOC(=O)C[C@H](NC(=O)[C@]1(C(C)C)CC(c2nccc3ccccc23)=NO1)C(=O)CF. The zero-order chi connectivity index (χ0) is 30.4. The van der Waals surface area contributed by atoms with Crippen molar-refractivity contribution in [1.82, 2.24) is 10.3 Å². The predicted molar refractivity (Wildman–Crippen MR) is 162 cm³/mol. The van der Waals surface area contributed by atoms with E-state index in [1.165, 1.54) is 44.9 Å². The molecule has 9 heteroatoms. The maximum atomic E-state index is 13.6. The second-order valence-corrected chi connectivity index (χ2v) is 11.5. The number of carbonyl (C=O) groups excluding carboxylic acids is 3. The van der Waals surface area contributed by atoms with Gasteiger partial charge in [-0.15, -0.1) is 0 Å². The molecule has 0 spiro atoms. The minimum absolute atomic E-state index is 0.108. The first-order valence-electron chi connectivity index (χ1n) is 15.5. The molecule has 1 aromatic carbocycles. The quantitative estimate of drug-likeness (QED) is 0.147. The van der Waals surface area contributed by atoms with Gasteiger partial charge in [0.2, 0.25) is 5.60 Å². The van der Waals surface area contributed by atoms with Gasteiger partial charge in [0, 0.05) is 23.9 Å². The Morgan fingerprint density at radius 1 is 1.00 bits per heavy atom. The smallest absolute Gasteiger partial charge is 0.308 e. The Bertz CT molecular complexity index is 1210. The Labute approximate surface area is 248 Å². The van der Waals surface area contributed by atoms with Crippen molar-refractivity contribution in [3.05, 3.63) is 42.2 Å². The summed E-state index contributed by atoms with van der Waals surface area (Å²) in [6.07, 6.45) is 12.9. The van der Waals surface area contributed by atoms with Crippen LogP contribution in [0.4, 0.5) is 4.39 Å². The number of ether oxygens (including phenoxy) is 1. The van der Waals surface area contributed by atoms with Crippen LogP contribution in [0.1, 0.15) is 104 Å². The summed E-state index contributed by atoms with van der Waals surface area (Å²) in [5.41, 5.74) is -0.335. The fourth-order valence-corrected chi connectivity index (χ4v) is 5.24. The Kier molecular flexibility index (Phi) is 13.4. The number of nitrogens with one attached hydrogen (secondary N) is 1. The van der Waals surface area contributed by atoms with E-state index < -0.39 is 42.4 Å². The van der Waals surface area contributed by atoms with Gasteiger partial charge in [-0.1, -0.05) is 108 Å². The molecule has 0 saturated heterocycles. The molecule has 2 atom stereocenters. The summed E-state index contributed by atoms with van der Waals surface area (Å²) in [4.78, 5) is 48.7. The Morgan fingerprint density at radius 3 is 2.33 bits per heavy atom. The summed E-state index contributed by atoms with van der Waals surface area (Å²) >= 11 is 0. The average Bonchev–Trinajstić information content (AvgIpc) is 3.46. The molecule has 1 aromatic heterocycles. The van der Waals surface area contributed by atoms with Crippen LogP contribution in [0.15, 0.2) is 41.7 Å². The van der Waals surface area contributed by atoms with Crippen LogP contribution in [-0.2, 0) is 24.0 Å². The number of halogens is 1. The summed E-state index contributed by atoms with van der Waals surface area (Å²) in [7, 11) is 0. The van der Waals surface area contributed by atoms with Crippen LogP contribution in [0.5, 0.6) is 0 Å². The Morgan fingerprint density at radius 2 is 1.67 bits per heavy atom. The molecule has 1 aliphatic heterocycles. The largest absolute Gasteiger partial charge is 0.466 e. The zero-order valence-electron chi connectivity index (χ0n) is 25.3. The number of aromatic nitrogens is 1. The number of carbonyl (C=O) groups is 3. The minimum Gasteiger partial charge on any atom is -0.466 e. The topological polar surface area (TPSA) is 107 Å². The van der Waals surface area contributed by atoms with Crippen molar-refractivity contribution in [2.45, 2.75) is 109 Å². The van der Waals surface area contributed by atoms with E-state index in [1.807, 2.05) is 30.3 Å². The van der Waals surface area contributed by atoms with Gasteiger partial charge in [0.1, 0.15) is 18.4 Å². The standard InChI is InChI=1S/C33H46FN3O5/c1-4-5-6-7-8-9-10-11-12-15-20-41-30(39)21-27(29(38)23-34)36-32(40)33(24(2)3)22-28(37-42-33)31-26-17-14-13-16-25(26)18-19-35-31/h13-14,16-19,24,27H,4-12,15,20-23H2,1-3H3,(H,36,40)/t27-,33+/m0/s1. The van der Waals surface area contributed by atoms with Gasteiger partial charge in [0.15, 0.2) is 5.78 Å². The van der Waals surface area contributed by atoms with Crippen molar-refractivity contribution < 1.29 is 28.3 Å². The first kappa shape index (κ1) is 33.1. The van der Waals surface area contributed by atoms with Crippen molar-refractivity contribution in [2.24, 2.45) is 11.1 Å². The van der Waals surface area contributed by atoms with Gasteiger partial charge in [-0.3, -0.25) is 19.4 Å². The lowest BCUT2D eigenvalue weighted by Gasteiger charge is -2.30. The predicted octanol–water partition coefficient (Wildman–Crippen LogP) is 6.63. The monoisotopic (exact) mass is 583 g/mol. The molecule has 1 amide bonds. The number of pyridine rings is 1. The van der Waals surface area contributed by atoms with Crippen LogP contribution in [-0.4, -0.2) is 53.3 Å². The minimum atomic E-state index is -1.44. The summed E-state index contributed by atoms with van der Waals surface area (Å²) in [5.74, 6) is -2.53. The molecule has 0 radical (unpaired) electrons. The molecule has 0 fully saturated rings. The van der Waals surface area contributed by atoms with E-state index in [2.05, 4.69) is 22.4 Å². The van der Waals surface area contributed by atoms with Crippen molar-refractivity contribution >= 4 is 34.1 Å². The highest BCUT2D eigenvalue weighted by atomic mass is 19.1. The molecule has 0 aliphatic carbocycles. The van der Waals surface area contributed by atoms with Gasteiger partial charge in [-0.05, 0) is 17.9 Å². The first-order chi connectivity index (χ1) is 20.3. The molecular weight excluding hydrogens is 537 g/mol. The summed E-state index contributed by atoms with van der Waals surface area (Å²) in [6.45, 7) is 4.75. The van der Waals surface area contributed by atoms with E-state index in [0.717, 1.165) is 30.0 Å². The number of oxime groups is 1. The second-order valence-electron chi connectivity index (χ2n) is 11.5. The van der Waals surface area contributed by atoms with Gasteiger partial charge in [0.05, 0.1) is 18.7 Å². The van der Waals surface area contributed by atoms with Crippen molar-refractivity contribution in [1.29, 1.82) is 0 Å². The van der Waals surface area contributed by atoms with Crippen molar-refractivity contribution in [3.63, 3.8) is 0 Å². The number of ketones is 1. The van der Waals surface area contributed by atoms with Crippen LogP contribution in [0, 0.1) is 5.92 Å². The number of amides is 1. The molecule has 3 rings (SSSR count). The lowest BCUT2D eigenvalue weighted by molar-refractivity contribution is -0.153. The fraction of sp³-hybridized carbons (Fsp3) is 0.606. The third-order valence-electron chi connectivity index (χ3n) is 7.97. The van der Waals surface area contributed by atoms with E-state index in [4.69, 9.17) is 9.57 Å². The van der Waals surface area contributed by atoms with Gasteiger partial charge in [-0.2, -0.15) is 0 Å². The molecule has 230 valence electrons. The second kappa shape index (κ2) is 16.9. The molecule has 42 heavy (non-hydrogen) atoms. The number of Topliss-reactive ketones (excluding diaryl/α,β-unsaturated/α-hetero) is 1. The molecule has 0 saturated carbocycles. The molecule has 0 unspecified atom stereocenters. The van der Waals surface area contributed by atoms with Crippen LogP contribution >= 0.6 is 0 Å². The van der Waals surface area contributed by atoms with Crippen molar-refractivity contribution in [3.8, 4) is 0 Å². The molecule has 0 bridgehead atoms.